The average Bonchev–Trinajstić information content (AvgIpc) is 3.37. The van der Waals surface area contributed by atoms with Crippen molar-refractivity contribution >= 4 is 5.91 Å². The van der Waals surface area contributed by atoms with Crippen LogP contribution in [0.3, 0.4) is 0 Å². The SMILES string of the molecule is COc1ccc(CN(C)CC(=O)N2CCn3c(nnc3C3CCCN3)C2)cc1. The highest BCUT2D eigenvalue weighted by Gasteiger charge is 2.29. The zero-order valence-electron chi connectivity index (χ0n) is 16.6. The normalized spacial score (nSPS) is 19.1. The molecule has 1 saturated heterocycles. The highest BCUT2D eigenvalue weighted by molar-refractivity contribution is 5.78. The number of fused-ring (bicyclic) bond motifs is 1. The number of nitrogens with one attached hydrogen (secondary N) is 1. The van der Waals surface area contributed by atoms with Crippen LogP contribution in [-0.2, 0) is 24.4 Å². The number of aromatic nitrogens is 3. The van der Waals surface area contributed by atoms with Gasteiger partial charge in [-0.25, -0.2) is 0 Å². The van der Waals surface area contributed by atoms with Crippen molar-refractivity contribution in [2.24, 2.45) is 0 Å². The van der Waals surface area contributed by atoms with Crippen LogP contribution in [0.25, 0.3) is 0 Å². The third kappa shape index (κ3) is 4.02. The minimum atomic E-state index is 0.130. The van der Waals surface area contributed by atoms with Crippen molar-refractivity contribution in [3.05, 3.63) is 41.5 Å². The van der Waals surface area contributed by atoms with E-state index < -0.39 is 0 Å². The van der Waals surface area contributed by atoms with Gasteiger partial charge in [0.05, 0.1) is 26.2 Å². The topological polar surface area (TPSA) is 75.5 Å². The molecule has 8 nitrogen and oxygen atoms in total. The van der Waals surface area contributed by atoms with E-state index in [-0.39, 0.29) is 5.91 Å². The molecule has 4 rings (SSSR count). The summed E-state index contributed by atoms with van der Waals surface area (Å²) in [5.74, 6) is 2.88. The molecule has 150 valence electrons. The quantitative estimate of drug-likeness (QED) is 0.806. The van der Waals surface area contributed by atoms with Gasteiger partial charge < -0.3 is 19.5 Å². The van der Waals surface area contributed by atoms with Gasteiger partial charge in [-0.05, 0) is 44.1 Å². The Labute approximate surface area is 165 Å². The van der Waals surface area contributed by atoms with Crippen molar-refractivity contribution in [3.63, 3.8) is 0 Å². The number of methoxy groups -OCH3 is 1. The first-order chi connectivity index (χ1) is 13.6. The summed E-state index contributed by atoms with van der Waals surface area (Å²) in [4.78, 5) is 16.7. The van der Waals surface area contributed by atoms with Crippen molar-refractivity contribution in [2.75, 3.05) is 33.8 Å². The lowest BCUT2D eigenvalue weighted by molar-refractivity contribution is -0.133. The van der Waals surface area contributed by atoms with Gasteiger partial charge in [0.1, 0.15) is 11.6 Å². The Bertz CT molecular complexity index is 813. The average molecular weight is 384 g/mol. The van der Waals surface area contributed by atoms with Gasteiger partial charge in [-0.2, -0.15) is 0 Å². The van der Waals surface area contributed by atoms with E-state index in [1.54, 1.807) is 7.11 Å². The van der Waals surface area contributed by atoms with Crippen LogP contribution in [0.2, 0.25) is 0 Å². The number of rotatable bonds is 6. The number of carbonyl (C=O) groups excluding carboxylic acids is 1. The number of ether oxygens (including phenoxy) is 1. The molecule has 1 fully saturated rings. The zero-order valence-corrected chi connectivity index (χ0v) is 16.6. The lowest BCUT2D eigenvalue weighted by Crippen LogP contribution is -2.43. The predicted octanol–water partition coefficient (Wildman–Crippen LogP) is 1.19. The number of benzene rings is 1. The van der Waals surface area contributed by atoms with Crippen molar-refractivity contribution in [1.29, 1.82) is 0 Å². The molecule has 1 aromatic heterocycles. The molecule has 1 unspecified atom stereocenters. The number of amides is 1. The second-order valence-corrected chi connectivity index (χ2v) is 7.61. The standard InChI is InChI=1S/C20H28N6O2/c1-24(12-15-5-7-16(28-2)8-6-15)14-19(27)25-10-11-26-18(13-25)22-23-20(26)17-4-3-9-21-17/h5-8,17,21H,3-4,9-14H2,1-2H3. The van der Waals surface area contributed by atoms with E-state index in [2.05, 4.69) is 20.1 Å². The molecule has 28 heavy (non-hydrogen) atoms. The van der Waals surface area contributed by atoms with Gasteiger partial charge in [0.25, 0.3) is 0 Å². The first-order valence-electron chi connectivity index (χ1n) is 9.88. The molecular weight excluding hydrogens is 356 g/mol. The van der Waals surface area contributed by atoms with E-state index in [1.807, 2.05) is 41.1 Å². The summed E-state index contributed by atoms with van der Waals surface area (Å²) in [6.07, 6.45) is 2.29. The van der Waals surface area contributed by atoms with Crippen LogP contribution in [0.5, 0.6) is 5.75 Å². The predicted molar refractivity (Wildman–Crippen MR) is 105 cm³/mol. The second kappa shape index (κ2) is 8.28. The number of hydrogen-bond acceptors (Lipinski definition) is 6. The number of hydrogen-bond donors (Lipinski definition) is 1. The second-order valence-electron chi connectivity index (χ2n) is 7.61. The van der Waals surface area contributed by atoms with Gasteiger partial charge in [0, 0.05) is 19.6 Å². The molecule has 0 aliphatic carbocycles. The lowest BCUT2D eigenvalue weighted by atomic mass is 10.2. The molecule has 3 heterocycles. The van der Waals surface area contributed by atoms with Crippen LogP contribution in [0, 0.1) is 0 Å². The van der Waals surface area contributed by atoms with E-state index in [0.717, 1.165) is 49.0 Å². The largest absolute Gasteiger partial charge is 0.497 e. The van der Waals surface area contributed by atoms with Gasteiger partial charge in [-0.1, -0.05) is 12.1 Å². The van der Waals surface area contributed by atoms with Gasteiger partial charge in [0.2, 0.25) is 5.91 Å². The summed E-state index contributed by atoms with van der Waals surface area (Å²) in [6.45, 7) is 4.16. The van der Waals surface area contributed by atoms with Crippen molar-refractivity contribution in [1.82, 2.24) is 29.9 Å². The van der Waals surface area contributed by atoms with Crippen LogP contribution < -0.4 is 10.1 Å². The third-order valence-electron chi connectivity index (χ3n) is 5.52. The fourth-order valence-corrected chi connectivity index (χ4v) is 3.99. The first kappa shape index (κ1) is 18.9. The summed E-state index contributed by atoms with van der Waals surface area (Å²) in [5.41, 5.74) is 1.16. The molecule has 2 aromatic rings. The highest BCUT2D eigenvalue weighted by Crippen LogP contribution is 2.24. The Kier molecular flexibility index (Phi) is 5.59. The van der Waals surface area contributed by atoms with Crippen LogP contribution in [0.15, 0.2) is 24.3 Å². The Morgan fingerprint density at radius 1 is 1.29 bits per heavy atom. The van der Waals surface area contributed by atoms with Crippen molar-refractivity contribution in [3.8, 4) is 5.75 Å². The number of likely N-dealkylation sites (N-methyl/N-ethyl adjacent to an activating group) is 1. The summed E-state index contributed by atoms with van der Waals surface area (Å²) in [5, 5.41) is 12.2. The number of nitrogens with zero attached hydrogens (tertiary/aromatic N) is 5. The summed E-state index contributed by atoms with van der Waals surface area (Å²) in [6, 6.07) is 8.25. The molecule has 1 atom stereocenters. The molecule has 0 saturated carbocycles. The third-order valence-corrected chi connectivity index (χ3v) is 5.52. The molecule has 0 radical (unpaired) electrons. The van der Waals surface area contributed by atoms with Gasteiger partial charge >= 0.3 is 0 Å². The number of carbonyl (C=O) groups is 1. The first-order valence-corrected chi connectivity index (χ1v) is 9.88. The van der Waals surface area contributed by atoms with Gasteiger partial charge in [-0.15, -0.1) is 10.2 Å². The summed E-state index contributed by atoms with van der Waals surface area (Å²) < 4.78 is 7.38. The van der Waals surface area contributed by atoms with Crippen LogP contribution in [0.4, 0.5) is 0 Å². The van der Waals surface area contributed by atoms with E-state index in [0.29, 0.717) is 25.7 Å². The molecular formula is C20H28N6O2. The van der Waals surface area contributed by atoms with Gasteiger partial charge in [0.15, 0.2) is 5.82 Å². The Hall–Kier alpha value is -2.45. The zero-order chi connectivity index (χ0) is 19.5. The smallest absolute Gasteiger partial charge is 0.237 e. The molecule has 2 aliphatic heterocycles. The maximum Gasteiger partial charge on any atom is 0.237 e. The molecule has 0 bridgehead atoms. The molecule has 1 amide bonds. The van der Waals surface area contributed by atoms with Crippen molar-refractivity contribution < 1.29 is 9.53 Å². The maximum atomic E-state index is 12.8. The monoisotopic (exact) mass is 384 g/mol. The molecule has 8 heteroatoms. The lowest BCUT2D eigenvalue weighted by Gasteiger charge is -2.30. The minimum Gasteiger partial charge on any atom is -0.497 e. The van der Waals surface area contributed by atoms with Crippen LogP contribution >= 0.6 is 0 Å². The van der Waals surface area contributed by atoms with E-state index in [4.69, 9.17) is 4.74 Å². The summed E-state index contributed by atoms with van der Waals surface area (Å²) >= 11 is 0. The Balaban J connectivity index is 1.33. The molecule has 2 aliphatic rings. The minimum absolute atomic E-state index is 0.130. The van der Waals surface area contributed by atoms with Gasteiger partial charge in [-0.3, -0.25) is 9.69 Å². The molecule has 1 N–H and O–H groups in total. The van der Waals surface area contributed by atoms with Crippen LogP contribution in [-0.4, -0.2) is 64.3 Å². The van der Waals surface area contributed by atoms with Crippen molar-refractivity contribution in [2.45, 2.75) is 38.5 Å². The fourth-order valence-electron chi connectivity index (χ4n) is 3.99. The fraction of sp³-hybridized carbons (Fsp3) is 0.550. The van der Waals surface area contributed by atoms with E-state index >= 15 is 0 Å². The Morgan fingerprint density at radius 3 is 2.82 bits per heavy atom. The van der Waals surface area contributed by atoms with E-state index in [9.17, 15) is 4.79 Å². The Morgan fingerprint density at radius 2 is 2.11 bits per heavy atom. The maximum absolute atomic E-state index is 12.8. The molecule has 0 spiro atoms. The summed E-state index contributed by atoms with van der Waals surface area (Å²) in [7, 11) is 3.63. The van der Waals surface area contributed by atoms with Crippen LogP contribution in [0.1, 0.15) is 36.1 Å². The molecule has 1 aromatic carbocycles. The van der Waals surface area contributed by atoms with E-state index in [1.165, 1.54) is 6.42 Å². The highest BCUT2D eigenvalue weighted by atomic mass is 16.5.